The van der Waals surface area contributed by atoms with Crippen LogP contribution >= 0.6 is 24.0 Å². The summed E-state index contributed by atoms with van der Waals surface area (Å²) in [5, 5.41) is 7.76. The second kappa shape index (κ2) is 9.78. The van der Waals surface area contributed by atoms with Gasteiger partial charge < -0.3 is 10.2 Å². The van der Waals surface area contributed by atoms with Crippen molar-refractivity contribution in [3.05, 3.63) is 18.0 Å². The monoisotopic (exact) mass is 459 g/mol. The third-order valence-electron chi connectivity index (χ3n) is 5.77. The molecule has 1 aliphatic heterocycles. The highest BCUT2D eigenvalue weighted by Crippen LogP contribution is 2.42. The van der Waals surface area contributed by atoms with Crippen LogP contribution < -0.4 is 5.32 Å². The molecule has 0 bridgehead atoms. The van der Waals surface area contributed by atoms with Crippen molar-refractivity contribution in [3.8, 4) is 0 Å². The molecule has 0 aromatic carbocycles. The molecule has 3 rings (SSSR count). The van der Waals surface area contributed by atoms with Gasteiger partial charge in [-0.05, 0) is 44.1 Å². The molecule has 5 nitrogen and oxygen atoms in total. The molecule has 2 fully saturated rings. The quantitative estimate of drug-likeness (QED) is 0.423. The van der Waals surface area contributed by atoms with Gasteiger partial charge in [0.25, 0.3) is 0 Å². The lowest BCUT2D eigenvalue weighted by Gasteiger charge is -2.44. The Bertz CT molecular complexity index is 546. The van der Waals surface area contributed by atoms with Gasteiger partial charge in [0.2, 0.25) is 0 Å². The van der Waals surface area contributed by atoms with Crippen LogP contribution in [0.3, 0.4) is 0 Å². The Kier molecular flexibility index (Phi) is 8.03. The summed E-state index contributed by atoms with van der Waals surface area (Å²) in [6, 6.07) is 2.05. The fourth-order valence-corrected chi connectivity index (χ4v) is 4.41. The minimum Gasteiger partial charge on any atom is -0.357 e. The average molecular weight is 459 g/mol. The van der Waals surface area contributed by atoms with Crippen molar-refractivity contribution in [1.82, 2.24) is 20.0 Å². The van der Waals surface area contributed by atoms with E-state index in [1.807, 2.05) is 17.9 Å². The zero-order chi connectivity index (χ0) is 16.8. The summed E-state index contributed by atoms with van der Waals surface area (Å²) in [5.41, 5.74) is 1.70. The molecule has 1 saturated carbocycles. The third-order valence-corrected chi connectivity index (χ3v) is 5.77. The number of guanidine groups is 1. The van der Waals surface area contributed by atoms with Gasteiger partial charge in [0.05, 0.1) is 12.2 Å². The van der Waals surface area contributed by atoms with Gasteiger partial charge >= 0.3 is 0 Å². The van der Waals surface area contributed by atoms with Gasteiger partial charge in [-0.15, -0.1) is 24.0 Å². The van der Waals surface area contributed by atoms with E-state index in [1.165, 1.54) is 57.9 Å². The van der Waals surface area contributed by atoms with Crippen molar-refractivity contribution >= 4 is 29.9 Å². The van der Waals surface area contributed by atoms with Crippen LogP contribution in [-0.4, -0.2) is 40.3 Å². The maximum atomic E-state index is 4.91. The number of aromatic nitrogens is 2. The summed E-state index contributed by atoms with van der Waals surface area (Å²) in [6.07, 6.45) is 13.1. The molecule has 1 aromatic heterocycles. The molecule has 25 heavy (non-hydrogen) atoms. The van der Waals surface area contributed by atoms with Gasteiger partial charge in [-0.3, -0.25) is 4.68 Å². The van der Waals surface area contributed by atoms with Crippen LogP contribution in [0.1, 0.15) is 64.0 Å². The largest absolute Gasteiger partial charge is 0.357 e. The Morgan fingerprint density at radius 2 is 1.92 bits per heavy atom. The molecule has 142 valence electrons. The Balaban J connectivity index is 0.00000225. The molecular formula is C19H34IN5. The van der Waals surface area contributed by atoms with E-state index in [1.54, 1.807) is 0 Å². The second-order valence-corrected chi connectivity index (χ2v) is 7.56. The SMILES string of the molecule is CCNC(=NCc1ccnn1C)N1CCCC2(CCCCCC2)C1.I. The summed E-state index contributed by atoms with van der Waals surface area (Å²) in [7, 11) is 1.99. The molecule has 1 saturated heterocycles. The Morgan fingerprint density at radius 3 is 2.56 bits per heavy atom. The second-order valence-electron chi connectivity index (χ2n) is 7.56. The number of aryl methyl sites for hydroxylation is 1. The molecule has 0 unspecified atom stereocenters. The molecule has 0 atom stereocenters. The Hall–Kier alpha value is -0.790. The number of hydrogen-bond donors (Lipinski definition) is 1. The van der Waals surface area contributed by atoms with Gasteiger partial charge in [-0.2, -0.15) is 5.10 Å². The first-order chi connectivity index (χ1) is 11.7. The van der Waals surface area contributed by atoms with Crippen molar-refractivity contribution in [2.45, 2.75) is 64.8 Å². The molecule has 1 aromatic rings. The van der Waals surface area contributed by atoms with E-state index < -0.39 is 0 Å². The van der Waals surface area contributed by atoms with Crippen molar-refractivity contribution in [2.24, 2.45) is 17.5 Å². The normalized spacial score (nSPS) is 20.9. The Labute approximate surface area is 169 Å². The van der Waals surface area contributed by atoms with Crippen LogP contribution in [0.15, 0.2) is 17.3 Å². The standard InChI is InChI=1S/C19H33N5.HI/c1-3-20-18(21-15-17-9-13-22-23(17)2)24-14-8-12-19(16-24)10-6-4-5-7-11-19;/h9,13H,3-8,10-12,14-16H2,1-2H3,(H,20,21);1H. The molecule has 1 aliphatic carbocycles. The summed E-state index contributed by atoms with van der Waals surface area (Å²) in [5.74, 6) is 1.09. The highest BCUT2D eigenvalue weighted by atomic mass is 127. The topological polar surface area (TPSA) is 45.5 Å². The minimum atomic E-state index is 0. The summed E-state index contributed by atoms with van der Waals surface area (Å²) in [6.45, 7) is 6.10. The number of nitrogens with zero attached hydrogens (tertiary/aromatic N) is 4. The highest BCUT2D eigenvalue weighted by Gasteiger charge is 2.36. The lowest BCUT2D eigenvalue weighted by molar-refractivity contribution is 0.115. The zero-order valence-corrected chi connectivity index (χ0v) is 18.2. The predicted molar refractivity (Wildman–Crippen MR) is 114 cm³/mol. The zero-order valence-electron chi connectivity index (χ0n) is 15.8. The van der Waals surface area contributed by atoms with Crippen molar-refractivity contribution < 1.29 is 0 Å². The van der Waals surface area contributed by atoms with Gasteiger partial charge in [0.1, 0.15) is 0 Å². The maximum absolute atomic E-state index is 4.91. The van der Waals surface area contributed by atoms with E-state index in [2.05, 4.69) is 28.3 Å². The molecule has 1 N–H and O–H groups in total. The molecule has 0 radical (unpaired) electrons. The Morgan fingerprint density at radius 1 is 1.20 bits per heavy atom. The predicted octanol–water partition coefficient (Wildman–Crippen LogP) is 3.94. The van der Waals surface area contributed by atoms with Crippen LogP contribution in [-0.2, 0) is 13.6 Å². The van der Waals surface area contributed by atoms with Crippen LogP contribution in [0, 0.1) is 5.41 Å². The number of piperidine rings is 1. The number of nitrogens with one attached hydrogen (secondary N) is 1. The van der Waals surface area contributed by atoms with Gasteiger partial charge in [-0.1, -0.05) is 25.7 Å². The fourth-order valence-electron chi connectivity index (χ4n) is 4.41. The number of hydrogen-bond acceptors (Lipinski definition) is 2. The fraction of sp³-hybridized carbons (Fsp3) is 0.789. The van der Waals surface area contributed by atoms with Crippen molar-refractivity contribution in [2.75, 3.05) is 19.6 Å². The third kappa shape index (κ3) is 5.34. The first kappa shape index (κ1) is 20.5. The lowest BCUT2D eigenvalue weighted by Crippen LogP contribution is -2.50. The van der Waals surface area contributed by atoms with Gasteiger partial charge in [0, 0.05) is 32.9 Å². The summed E-state index contributed by atoms with van der Waals surface area (Å²) < 4.78 is 1.91. The van der Waals surface area contributed by atoms with Crippen LogP contribution in [0.2, 0.25) is 0 Å². The number of halogens is 1. The minimum absolute atomic E-state index is 0. The van der Waals surface area contributed by atoms with Gasteiger partial charge in [0.15, 0.2) is 5.96 Å². The smallest absolute Gasteiger partial charge is 0.194 e. The average Bonchev–Trinajstić information content (AvgIpc) is 2.87. The molecule has 2 aliphatic rings. The maximum Gasteiger partial charge on any atom is 0.194 e. The summed E-state index contributed by atoms with van der Waals surface area (Å²) in [4.78, 5) is 7.44. The van der Waals surface area contributed by atoms with Crippen LogP contribution in [0.4, 0.5) is 0 Å². The van der Waals surface area contributed by atoms with E-state index in [4.69, 9.17) is 4.99 Å². The molecular weight excluding hydrogens is 425 g/mol. The van der Waals surface area contributed by atoms with Crippen molar-refractivity contribution in [1.29, 1.82) is 0 Å². The summed E-state index contributed by atoms with van der Waals surface area (Å²) >= 11 is 0. The van der Waals surface area contributed by atoms with Crippen LogP contribution in [0.5, 0.6) is 0 Å². The van der Waals surface area contributed by atoms with E-state index in [-0.39, 0.29) is 24.0 Å². The molecule has 0 amide bonds. The lowest BCUT2D eigenvalue weighted by atomic mass is 9.74. The van der Waals surface area contributed by atoms with E-state index >= 15 is 0 Å². The highest BCUT2D eigenvalue weighted by molar-refractivity contribution is 14.0. The number of rotatable bonds is 3. The van der Waals surface area contributed by atoms with E-state index in [0.717, 1.165) is 24.7 Å². The van der Waals surface area contributed by atoms with Crippen LogP contribution in [0.25, 0.3) is 0 Å². The van der Waals surface area contributed by atoms with E-state index in [0.29, 0.717) is 12.0 Å². The number of aliphatic imine (C=N–C) groups is 1. The first-order valence-corrected chi connectivity index (χ1v) is 9.73. The van der Waals surface area contributed by atoms with Crippen molar-refractivity contribution in [3.63, 3.8) is 0 Å². The molecule has 1 spiro atoms. The first-order valence-electron chi connectivity index (χ1n) is 9.73. The number of likely N-dealkylation sites (tertiary alicyclic amines) is 1. The van der Waals surface area contributed by atoms with Gasteiger partial charge in [-0.25, -0.2) is 4.99 Å². The van der Waals surface area contributed by atoms with E-state index in [9.17, 15) is 0 Å². The molecule has 2 heterocycles. The molecule has 6 heteroatoms.